The number of hydrogen-bond acceptors (Lipinski definition) is 5. The number of morpholine rings is 2. The van der Waals surface area contributed by atoms with Crippen molar-refractivity contribution in [1.29, 1.82) is 0 Å². The third-order valence-corrected chi connectivity index (χ3v) is 9.07. The lowest BCUT2D eigenvalue weighted by Gasteiger charge is -2.33. The van der Waals surface area contributed by atoms with E-state index in [4.69, 9.17) is 14.2 Å². The van der Waals surface area contributed by atoms with Gasteiger partial charge < -0.3 is 14.2 Å². The fourth-order valence-electron chi connectivity index (χ4n) is 5.98. The number of ether oxygens (including phenoxy) is 3. The zero-order chi connectivity index (χ0) is 32.1. The Morgan fingerprint density at radius 1 is 0.532 bits per heavy atom. The predicted molar refractivity (Wildman–Crippen MR) is 192 cm³/mol. The first-order valence-electron chi connectivity index (χ1n) is 16.5. The van der Waals surface area contributed by atoms with Gasteiger partial charge in [0.25, 0.3) is 0 Å². The largest absolute Gasteiger partial charge is 0.489 e. The molecule has 2 unspecified atom stereocenters. The minimum absolute atomic E-state index is 0.116. The van der Waals surface area contributed by atoms with Crippen molar-refractivity contribution in [3.05, 3.63) is 172 Å². The molecule has 5 aromatic carbocycles. The summed E-state index contributed by atoms with van der Waals surface area (Å²) in [5, 5.41) is 0. The van der Waals surface area contributed by atoms with Crippen LogP contribution in [0.1, 0.15) is 40.0 Å². The monoisotopic (exact) mass is 690 g/mol. The van der Waals surface area contributed by atoms with Crippen LogP contribution in [0, 0.1) is 0 Å². The minimum atomic E-state index is 0.116. The zero-order valence-corrected chi connectivity index (χ0v) is 28.4. The molecule has 2 aliphatic rings. The highest BCUT2D eigenvalue weighted by Gasteiger charge is 2.23. The Labute approximate surface area is 287 Å². The highest BCUT2D eigenvalue weighted by molar-refractivity contribution is 9.10. The van der Waals surface area contributed by atoms with Gasteiger partial charge in [0.1, 0.15) is 12.4 Å². The highest BCUT2D eigenvalue weighted by Crippen LogP contribution is 2.26. The van der Waals surface area contributed by atoms with Crippen LogP contribution in [0.2, 0.25) is 0 Å². The van der Waals surface area contributed by atoms with E-state index in [-0.39, 0.29) is 12.2 Å². The molecule has 0 saturated carbocycles. The van der Waals surface area contributed by atoms with Crippen LogP contribution in [-0.2, 0) is 29.2 Å². The van der Waals surface area contributed by atoms with E-state index in [9.17, 15) is 0 Å². The van der Waals surface area contributed by atoms with Crippen LogP contribution in [0.4, 0.5) is 0 Å². The van der Waals surface area contributed by atoms with Gasteiger partial charge in [0.15, 0.2) is 0 Å². The van der Waals surface area contributed by atoms with E-state index < -0.39 is 0 Å². The number of halogens is 1. The molecule has 0 radical (unpaired) electrons. The molecule has 5 aromatic rings. The van der Waals surface area contributed by atoms with Gasteiger partial charge in [-0.1, -0.05) is 131 Å². The SMILES string of the molecule is Brc1ccc(C2CN(Cc3ccccc3)CCO2)cc1.c1ccc(COc2ccc(C3CN(Cc4ccccc4)CCO3)cc2)cc1. The van der Waals surface area contributed by atoms with Gasteiger partial charge in [-0.15, -0.1) is 0 Å². The summed E-state index contributed by atoms with van der Waals surface area (Å²) in [5.41, 5.74) is 6.35. The molecule has 0 aliphatic carbocycles. The van der Waals surface area contributed by atoms with E-state index in [0.29, 0.717) is 6.61 Å². The maximum atomic E-state index is 6.02. The van der Waals surface area contributed by atoms with Gasteiger partial charge in [0.2, 0.25) is 0 Å². The topological polar surface area (TPSA) is 34.2 Å². The number of hydrogen-bond donors (Lipinski definition) is 0. The second kappa shape index (κ2) is 17.4. The Morgan fingerprint density at radius 2 is 0.957 bits per heavy atom. The molecule has 7 rings (SSSR count). The molecule has 0 N–H and O–H groups in total. The second-order valence-corrected chi connectivity index (χ2v) is 13.0. The summed E-state index contributed by atoms with van der Waals surface area (Å²) in [6.45, 7) is 7.97. The van der Waals surface area contributed by atoms with Crippen LogP contribution in [0.5, 0.6) is 5.75 Å². The fourth-order valence-corrected chi connectivity index (χ4v) is 6.24. The van der Waals surface area contributed by atoms with Crippen molar-refractivity contribution in [3.8, 4) is 5.75 Å². The number of rotatable bonds is 9. The molecule has 242 valence electrons. The smallest absolute Gasteiger partial charge is 0.119 e. The van der Waals surface area contributed by atoms with Crippen molar-refractivity contribution in [1.82, 2.24) is 9.80 Å². The molecule has 5 nitrogen and oxygen atoms in total. The lowest BCUT2D eigenvalue weighted by Crippen LogP contribution is -2.37. The summed E-state index contributed by atoms with van der Waals surface area (Å²) < 4.78 is 18.9. The minimum Gasteiger partial charge on any atom is -0.489 e. The molecule has 2 saturated heterocycles. The fraction of sp³-hybridized carbons (Fsp3) is 0.268. The van der Waals surface area contributed by atoms with Crippen molar-refractivity contribution >= 4 is 15.9 Å². The third kappa shape index (κ3) is 10.4. The second-order valence-electron chi connectivity index (χ2n) is 12.1. The first-order chi connectivity index (χ1) is 23.2. The zero-order valence-electron chi connectivity index (χ0n) is 26.8. The average Bonchev–Trinajstić information content (AvgIpc) is 3.13. The van der Waals surface area contributed by atoms with Crippen molar-refractivity contribution in [3.63, 3.8) is 0 Å². The van der Waals surface area contributed by atoms with E-state index in [1.54, 1.807) is 0 Å². The summed E-state index contributed by atoms with van der Waals surface area (Å²) in [5.74, 6) is 0.888. The molecular weight excluding hydrogens is 648 g/mol. The van der Waals surface area contributed by atoms with Crippen molar-refractivity contribution in [2.75, 3.05) is 39.4 Å². The van der Waals surface area contributed by atoms with Crippen LogP contribution in [0.3, 0.4) is 0 Å². The van der Waals surface area contributed by atoms with Crippen LogP contribution in [0.25, 0.3) is 0 Å². The average molecular weight is 692 g/mol. The molecule has 0 aromatic heterocycles. The van der Waals surface area contributed by atoms with Gasteiger partial charge in [-0.25, -0.2) is 0 Å². The van der Waals surface area contributed by atoms with Crippen LogP contribution in [0.15, 0.2) is 144 Å². The molecule has 6 heteroatoms. The Kier molecular flexibility index (Phi) is 12.3. The van der Waals surface area contributed by atoms with E-state index in [0.717, 1.165) is 62.7 Å². The summed E-state index contributed by atoms with van der Waals surface area (Å²) in [4.78, 5) is 4.93. The van der Waals surface area contributed by atoms with Crippen molar-refractivity contribution in [2.24, 2.45) is 0 Å². The van der Waals surface area contributed by atoms with E-state index in [2.05, 4.69) is 135 Å². The standard InChI is InChI=1S/C24H25NO2.C17H18BrNO/c1-3-7-20(8-4-1)17-25-15-16-26-24(18-25)22-11-13-23(14-12-22)27-19-21-9-5-2-6-10-21;18-16-8-6-15(7-9-16)17-13-19(10-11-20-17)12-14-4-2-1-3-5-14/h1-14,24H,15-19H2;1-9,17H,10-13H2. The summed E-state index contributed by atoms with van der Waals surface area (Å²) >= 11 is 3.47. The van der Waals surface area contributed by atoms with Gasteiger partial charge in [-0.3, -0.25) is 9.80 Å². The molecular formula is C41H43BrN2O3. The van der Waals surface area contributed by atoms with Crippen LogP contribution >= 0.6 is 15.9 Å². The summed E-state index contributed by atoms with van der Waals surface area (Å²) in [7, 11) is 0. The van der Waals surface area contributed by atoms with E-state index in [1.807, 2.05) is 30.3 Å². The summed E-state index contributed by atoms with van der Waals surface area (Å²) in [6, 6.07) is 48.2. The summed E-state index contributed by atoms with van der Waals surface area (Å²) in [6.07, 6.45) is 0.297. The Balaban J connectivity index is 0.000000172. The number of benzene rings is 5. The Bertz CT molecular complexity index is 1600. The van der Waals surface area contributed by atoms with Crippen LogP contribution < -0.4 is 4.74 Å². The van der Waals surface area contributed by atoms with Crippen molar-refractivity contribution in [2.45, 2.75) is 31.9 Å². The quantitative estimate of drug-likeness (QED) is 0.154. The van der Waals surface area contributed by atoms with Gasteiger partial charge >= 0.3 is 0 Å². The van der Waals surface area contributed by atoms with Gasteiger partial charge in [0, 0.05) is 43.7 Å². The maximum absolute atomic E-state index is 6.02. The molecule has 0 spiro atoms. The lowest BCUT2D eigenvalue weighted by atomic mass is 10.1. The highest BCUT2D eigenvalue weighted by atomic mass is 79.9. The Morgan fingerprint density at radius 3 is 1.43 bits per heavy atom. The molecule has 0 bridgehead atoms. The first-order valence-corrected chi connectivity index (χ1v) is 17.3. The van der Waals surface area contributed by atoms with Gasteiger partial charge in [0.05, 0.1) is 25.4 Å². The van der Waals surface area contributed by atoms with Gasteiger partial charge in [-0.05, 0) is 52.1 Å². The van der Waals surface area contributed by atoms with Crippen molar-refractivity contribution < 1.29 is 14.2 Å². The molecule has 0 amide bonds. The maximum Gasteiger partial charge on any atom is 0.119 e. The normalized spacial score (nSPS) is 18.6. The third-order valence-electron chi connectivity index (χ3n) is 8.54. The molecule has 2 aliphatic heterocycles. The molecule has 2 heterocycles. The molecule has 47 heavy (non-hydrogen) atoms. The number of nitrogens with zero attached hydrogens (tertiary/aromatic N) is 2. The van der Waals surface area contributed by atoms with E-state index >= 15 is 0 Å². The van der Waals surface area contributed by atoms with Gasteiger partial charge in [-0.2, -0.15) is 0 Å². The van der Waals surface area contributed by atoms with E-state index in [1.165, 1.54) is 27.8 Å². The lowest BCUT2D eigenvalue weighted by molar-refractivity contribution is -0.0330. The predicted octanol–water partition coefficient (Wildman–Crippen LogP) is 8.86. The van der Waals surface area contributed by atoms with Crippen LogP contribution in [-0.4, -0.2) is 49.2 Å². The molecule has 2 atom stereocenters. The Hall–Kier alpha value is -3.78. The molecule has 2 fully saturated rings. The first kappa shape index (κ1) is 33.1.